The SMILES string of the molecule is OCc1ccc2[nH]cc(CC(=S)CCCCc3cn(C(c4ccccc4)(c4ccccc4)c4ccccc4)cn3)c2c1. The van der Waals surface area contributed by atoms with E-state index in [1.165, 1.54) is 22.3 Å². The van der Waals surface area contributed by atoms with Gasteiger partial charge in [0.2, 0.25) is 0 Å². The molecule has 0 atom stereocenters. The summed E-state index contributed by atoms with van der Waals surface area (Å²) >= 11 is 5.79. The van der Waals surface area contributed by atoms with Gasteiger partial charge in [-0.05, 0) is 70.5 Å². The predicted octanol–water partition coefficient (Wildman–Crippen LogP) is 8.02. The van der Waals surface area contributed by atoms with Gasteiger partial charge in [-0.2, -0.15) is 0 Å². The van der Waals surface area contributed by atoms with Gasteiger partial charge in [0.15, 0.2) is 0 Å². The van der Waals surface area contributed by atoms with Crippen LogP contribution in [0.25, 0.3) is 10.9 Å². The fourth-order valence-corrected chi connectivity index (χ4v) is 6.36. The highest BCUT2D eigenvalue weighted by Crippen LogP contribution is 2.40. The molecule has 0 saturated carbocycles. The molecule has 0 spiro atoms. The number of aliphatic hydroxyl groups excluding tert-OH is 1. The average molecular weight is 570 g/mol. The molecule has 0 radical (unpaired) electrons. The summed E-state index contributed by atoms with van der Waals surface area (Å²) in [6.07, 6.45) is 10.9. The predicted molar refractivity (Wildman–Crippen MR) is 175 cm³/mol. The van der Waals surface area contributed by atoms with Crippen LogP contribution in [-0.2, 0) is 25.0 Å². The first-order chi connectivity index (χ1) is 20.7. The van der Waals surface area contributed by atoms with Crippen molar-refractivity contribution in [2.45, 2.75) is 44.2 Å². The fourth-order valence-electron chi connectivity index (χ4n) is 6.06. The van der Waals surface area contributed by atoms with Gasteiger partial charge in [0.05, 0.1) is 18.6 Å². The lowest BCUT2D eigenvalue weighted by Crippen LogP contribution is -2.36. The van der Waals surface area contributed by atoms with Crippen molar-refractivity contribution in [1.29, 1.82) is 0 Å². The second-order valence-corrected chi connectivity index (χ2v) is 11.4. The van der Waals surface area contributed by atoms with E-state index < -0.39 is 5.54 Å². The van der Waals surface area contributed by atoms with E-state index in [1.54, 1.807) is 0 Å². The maximum Gasteiger partial charge on any atom is 0.121 e. The molecule has 0 fully saturated rings. The minimum absolute atomic E-state index is 0.0456. The van der Waals surface area contributed by atoms with Crippen molar-refractivity contribution in [1.82, 2.24) is 14.5 Å². The zero-order chi connectivity index (χ0) is 28.8. The lowest BCUT2D eigenvalue weighted by atomic mass is 9.77. The van der Waals surface area contributed by atoms with Crippen LogP contribution < -0.4 is 0 Å². The Hall–Kier alpha value is -4.32. The highest BCUT2D eigenvalue weighted by Gasteiger charge is 2.38. The summed E-state index contributed by atoms with van der Waals surface area (Å²) in [5.41, 5.74) is 7.33. The van der Waals surface area contributed by atoms with Crippen molar-refractivity contribution in [3.05, 3.63) is 161 Å². The smallest absolute Gasteiger partial charge is 0.121 e. The highest BCUT2D eigenvalue weighted by atomic mass is 32.1. The molecule has 0 aliphatic rings. The third-order valence-corrected chi connectivity index (χ3v) is 8.49. The number of thiocarbonyl (C=S) groups is 1. The van der Waals surface area contributed by atoms with Gasteiger partial charge in [-0.1, -0.05) is 109 Å². The van der Waals surface area contributed by atoms with Crippen molar-refractivity contribution in [3.63, 3.8) is 0 Å². The Kier molecular flexibility index (Phi) is 8.40. The summed E-state index contributed by atoms with van der Waals surface area (Å²) < 4.78 is 2.28. The summed E-state index contributed by atoms with van der Waals surface area (Å²) in [7, 11) is 0. The minimum atomic E-state index is -0.536. The van der Waals surface area contributed by atoms with Gasteiger partial charge in [0.1, 0.15) is 5.54 Å². The van der Waals surface area contributed by atoms with Crippen LogP contribution in [0.15, 0.2) is 128 Å². The number of aliphatic hydroxyl groups is 1. The Balaban J connectivity index is 1.18. The van der Waals surface area contributed by atoms with E-state index in [4.69, 9.17) is 17.2 Å². The largest absolute Gasteiger partial charge is 0.392 e. The van der Waals surface area contributed by atoms with Crippen LogP contribution in [0.4, 0.5) is 0 Å². The number of rotatable bonds is 12. The van der Waals surface area contributed by atoms with E-state index in [2.05, 4.69) is 113 Å². The summed E-state index contributed by atoms with van der Waals surface area (Å²) in [5.74, 6) is 0. The molecule has 2 N–H and O–H groups in total. The first kappa shape index (κ1) is 27.8. The van der Waals surface area contributed by atoms with Gasteiger partial charge in [-0.15, -0.1) is 0 Å². The number of imidazole rings is 1. The number of benzene rings is 4. The van der Waals surface area contributed by atoms with E-state index in [-0.39, 0.29) is 6.61 Å². The number of aromatic amines is 1. The second-order valence-electron chi connectivity index (χ2n) is 10.9. The van der Waals surface area contributed by atoms with E-state index in [0.29, 0.717) is 0 Å². The zero-order valence-electron chi connectivity index (χ0n) is 23.6. The molecule has 2 aromatic heterocycles. The first-order valence-electron chi connectivity index (χ1n) is 14.6. The Morgan fingerprint density at radius 3 is 2.02 bits per heavy atom. The molecule has 0 aliphatic carbocycles. The molecule has 4 aromatic carbocycles. The average Bonchev–Trinajstić information content (AvgIpc) is 3.68. The van der Waals surface area contributed by atoms with E-state index in [1.807, 2.05) is 24.7 Å². The van der Waals surface area contributed by atoms with Gasteiger partial charge in [-0.3, -0.25) is 0 Å². The third-order valence-electron chi connectivity index (χ3n) is 8.14. The van der Waals surface area contributed by atoms with E-state index in [0.717, 1.165) is 59.1 Å². The standard InChI is InChI=1S/C37H35N3OS/c41-26-28-20-21-36-35(22-28)29(24-38-36)23-34(42)19-11-10-18-33-25-40(27-39-33)37(30-12-4-1-5-13-30,31-14-6-2-7-15-31)32-16-8-3-9-17-32/h1-9,12-17,20-22,24-25,27,38,41H,10-11,18-19,23,26H2. The van der Waals surface area contributed by atoms with Crippen molar-refractivity contribution >= 4 is 28.0 Å². The number of hydrogen-bond acceptors (Lipinski definition) is 3. The normalized spacial score (nSPS) is 11.6. The number of unbranched alkanes of at least 4 members (excludes halogenated alkanes) is 1. The van der Waals surface area contributed by atoms with Crippen LogP contribution in [0.5, 0.6) is 0 Å². The fraction of sp³-hybridized carbons (Fsp3) is 0.189. The molecular formula is C37H35N3OS. The van der Waals surface area contributed by atoms with Gasteiger partial charge >= 0.3 is 0 Å². The molecule has 42 heavy (non-hydrogen) atoms. The van der Waals surface area contributed by atoms with Crippen molar-refractivity contribution in [2.24, 2.45) is 0 Å². The Morgan fingerprint density at radius 1 is 0.810 bits per heavy atom. The maximum absolute atomic E-state index is 9.52. The molecule has 0 amide bonds. The van der Waals surface area contributed by atoms with Crippen LogP contribution >= 0.6 is 12.2 Å². The number of H-pyrrole nitrogens is 1. The molecule has 2 heterocycles. The van der Waals surface area contributed by atoms with E-state index >= 15 is 0 Å². The number of fused-ring (bicyclic) bond motifs is 1. The van der Waals surface area contributed by atoms with Gasteiger partial charge in [-0.25, -0.2) is 4.98 Å². The number of aromatic nitrogens is 3. The summed E-state index contributed by atoms with van der Waals surface area (Å²) in [4.78, 5) is 9.29. The van der Waals surface area contributed by atoms with Crippen LogP contribution in [0.3, 0.4) is 0 Å². The van der Waals surface area contributed by atoms with Crippen LogP contribution in [-0.4, -0.2) is 24.5 Å². The van der Waals surface area contributed by atoms with Gasteiger partial charge < -0.3 is 14.7 Å². The highest BCUT2D eigenvalue weighted by molar-refractivity contribution is 7.80. The second kappa shape index (κ2) is 12.7. The molecule has 0 unspecified atom stereocenters. The van der Waals surface area contributed by atoms with Crippen LogP contribution in [0.2, 0.25) is 0 Å². The quantitative estimate of drug-likeness (QED) is 0.0891. The number of nitrogens with zero attached hydrogens (tertiary/aromatic N) is 2. The molecular weight excluding hydrogens is 534 g/mol. The first-order valence-corrected chi connectivity index (χ1v) is 15.0. The number of nitrogens with one attached hydrogen (secondary N) is 1. The maximum atomic E-state index is 9.52. The molecule has 5 heteroatoms. The van der Waals surface area contributed by atoms with Crippen LogP contribution in [0.1, 0.15) is 52.8 Å². The van der Waals surface area contributed by atoms with Crippen molar-refractivity contribution in [3.8, 4) is 0 Å². The van der Waals surface area contributed by atoms with Gasteiger partial charge in [0, 0.05) is 29.7 Å². The van der Waals surface area contributed by atoms with Gasteiger partial charge in [0.25, 0.3) is 0 Å². The Labute approximate surface area is 252 Å². The van der Waals surface area contributed by atoms with Crippen molar-refractivity contribution in [2.75, 3.05) is 0 Å². The lowest BCUT2D eigenvalue weighted by Gasteiger charge is -2.37. The summed E-state index contributed by atoms with van der Waals surface area (Å²) in [6, 6.07) is 38.1. The molecule has 4 nitrogen and oxygen atoms in total. The monoisotopic (exact) mass is 569 g/mol. The minimum Gasteiger partial charge on any atom is -0.392 e. The van der Waals surface area contributed by atoms with E-state index in [9.17, 15) is 5.11 Å². The molecule has 210 valence electrons. The topological polar surface area (TPSA) is 53.8 Å². The van der Waals surface area contributed by atoms with Crippen LogP contribution in [0, 0.1) is 0 Å². The molecule has 6 aromatic rings. The summed E-state index contributed by atoms with van der Waals surface area (Å²) in [6.45, 7) is 0.0456. The van der Waals surface area contributed by atoms with Crippen molar-refractivity contribution < 1.29 is 5.11 Å². The molecule has 0 saturated heterocycles. The molecule has 0 bridgehead atoms. The summed E-state index contributed by atoms with van der Waals surface area (Å²) in [5, 5.41) is 10.7. The zero-order valence-corrected chi connectivity index (χ0v) is 24.4. The number of aryl methyl sites for hydroxylation is 1. The number of hydrogen-bond donors (Lipinski definition) is 2. The molecule has 6 rings (SSSR count). The third kappa shape index (κ3) is 5.58. The Bertz CT molecular complexity index is 1660. The molecule has 0 aliphatic heterocycles. The lowest BCUT2D eigenvalue weighted by molar-refractivity contribution is 0.282. The Morgan fingerprint density at radius 2 is 1.43 bits per heavy atom.